The smallest absolute Gasteiger partial charge is 0.328 e. The van der Waals surface area contributed by atoms with Gasteiger partial charge in [-0.2, -0.15) is 5.26 Å². The first-order valence-corrected chi connectivity index (χ1v) is 4.10. The summed E-state index contributed by atoms with van der Waals surface area (Å²) >= 11 is 0. The van der Waals surface area contributed by atoms with Crippen LogP contribution >= 0.6 is 0 Å². The van der Waals surface area contributed by atoms with Crippen molar-refractivity contribution in [3.05, 3.63) is 12.2 Å². The third-order valence-electron chi connectivity index (χ3n) is 1.78. The molecule has 0 saturated heterocycles. The lowest BCUT2D eigenvalue weighted by Crippen LogP contribution is -2.24. The van der Waals surface area contributed by atoms with Gasteiger partial charge in [0.15, 0.2) is 6.04 Å². The van der Waals surface area contributed by atoms with Gasteiger partial charge in [0.1, 0.15) is 12.4 Å². The second-order valence-electron chi connectivity index (χ2n) is 3.19. The van der Waals surface area contributed by atoms with E-state index in [4.69, 9.17) is 10.4 Å². The quantitative estimate of drug-likeness (QED) is 0.753. The Morgan fingerprint density at radius 3 is 2.71 bits per heavy atom. The topological polar surface area (TPSA) is 91.8 Å². The van der Waals surface area contributed by atoms with E-state index in [2.05, 4.69) is 10.1 Å². The highest BCUT2D eigenvalue weighted by molar-refractivity contribution is 5.71. The molecule has 0 bridgehead atoms. The summed E-state index contributed by atoms with van der Waals surface area (Å²) in [5, 5.41) is 21.1. The molecule has 1 aromatic rings. The van der Waals surface area contributed by atoms with E-state index in [1.54, 1.807) is 19.9 Å². The maximum Gasteiger partial charge on any atom is 0.328 e. The number of rotatable bonds is 3. The summed E-state index contributed by atoms with van der Waals surface area (Å²) < 4.78 is 1.20. The molecule has 74 valence electrons. The Balaban J connectivity index is 3.01. The fourth-order valence-electron chi connectivity index (χ4n) is 1.16. The van der Waals surface area contributed by atoms with E-state index in [0.29, 0.717) is 0 Å². The molecule has 0 amide bonds. The Labute approximate surface area is 80.8 Å². The standard InChI is InChI=1S/C8H10N4O2/c1-5(2)7(8(13)14)12-4-10-6(3-9)11-12/h4-5,7H,1-2H3,(H,13,14). The van der Waals surface area contributed by atoms with E-state index >= 15 is 0 Å². The van der Waals surface area contributed by atoms with Crippen molar-refractivity contribution in [2.24, 2.45) is 5.92 Å². The van der Waals surface area contributed by atoms with Gasteiger partial charge < -0.3 is 5.11 Å². The van der Waals surface area contributed by atoms with Gasteiger partial charge in [0.2, 0.25) is 0 Å². The third-order valence-corrected chi connectivity index (χ3v) is 1.78. The van der Waals surface area contributed by atoms with Gasteiger partial charge in [0.25, 0.3) is 5.82 Å². The van der Waals surface area contributed by atoms with E-state index in [1.165, 1.54) is 11.0 Å². The van der Waals surface area contributed by atoms with E-state index < -0.39 is 12.0 Å². The Morgan fingerprint density at radius 1 is 1.71 bits per heavy atom. The Kier molecular flexibility index (Phi) is 2.82. The average molecular weight is 194 g/mol. The van der Waals surface area contributed by atoms with Crippen molar-refractivity contribution in [2.75, 3.05) is 0 Å². The van der Waals surface area contributed by atoms with Crippen molar-refractivity contribution in [3.63, 3.8) is 0 Å². The number of carbonyl (C=O) groups is 1. The molecule has 0 radical (unpaired) electrons. The van der Waals surface area contributed by atoms with Crippen LogP contribution in [0.15, 0.2) is 6.33 Å². The van der Waals surface area contributed by atoms with Gasteiger partial charge in [-0.05, 0) is 5.92 Å². The molecule has 1 heterocycles. The number of nitrogens with zero attached hydrogens (tertiary/aromatic N) is 4. The molecule has 0 aliphatic rings. The molecule has 1 N–H and O–H groups in total. The molecular weight excluding hydrogens is 184 g/mol. The zero-order valence-electron chi connectivity index (χ0n) is 7.88. The summed E-state index contributed by atoms with van der Waals surface area (Å²) in [6, 6.07) is 0.971. The summed E-state index contributed by atoms with van der Waals surface area (Å²) in [5.41, 5.74) is 0. The van der Waals surface area contributed by atoms with Gasteiger partial charge >= 0.3 is 5.97 Å². The van der Waals surface area contributed by atoms with Crippen molar-refractivity contribution in [2.45, 2.75) is 19.9 Å². The molecule has 1 unspecified atom stereocenters. The molecule has 1 atom stereocenters. The molecule has 14 heavy (non-hydrogen) atoms. The van der Waals surface area contributed by atoms with Crippen molar-refractivity contribution in [1.82, 2.24) is 14.8 Å². The minimum Gasteiger partial charge on any atom is -0.480 e. The first-order valence-electron chi connectivity index (χ1n) is 4.10. The summed E-state index contributed by atoms with van der Waals surface area (Å²) in [6.07, 6.45) is 1.26. The third kappa shape index (κ3) is 1.88. The molecule has 0 aliphatic carbocycles. The Hall–Kier alpha value is -1.90. The highest BCUT2D eigenvalue weighted by atomic mass is 16.4. The predicted molar refractivity (Wildman–Crippen MR) is 46.2 cm³/mol. The summed E-state index contributed by atoms with van der Waals surface area (Å²) in [7, 11) is 0. The van der Waals surface area contributed by atoms with Crippen molar-refractivity contribution in [3.8, 4) is 6.07 Å². The van der Waals surface area contributed by atoms with E-state index in [9.17, 15) is 4.79 Å². The molecule has 0 aromatic carbocycles. The Bertz CT molecular complexity index is 377. The minimum atomic E-state index is -0.977. The number of carboxylic acids is 1. The van der Waals surface area contributed by atoms with Crippen LogP contribution in [0.3, 0.4) is 0 Å². The highest BCUT2D eigenvalue weighted by Gasteiger charge is 2.24. The van der Waals surface area contributed by atoms with Crippen LogP contribution in [0.5, 0.6) is 0 Å². The number of hydrogen-bond acceptors (Lipinski definition) is 4. The van der Waals surface area contributed by atoms with Crippen LogP contribution in [0, 0.1) is 17.2 Å². The second kappa shape index (κ2) is 3.87. The molecule has 0 aliphatic heterocycles. The van der Waals surface area contributed by atoms with Gasteiger partial charge in [-0.1, -0.05) is 13.8 Å². The summed E-state index contributed by atoms with van der Waals surface area (Å²) in [5.74, 6) is -1.10. The second-order valence-corrected chi connectivity index (χ2v) is 3.19. The predicted octanol–water partition coefficient (Wildman–Crippen LogP) is 0.431. The minimum absolute atomic E-state index is 0.0168. The van der Waals surface area contributed by atoms with Crippen LogP contribution in [0.25, 0.3) is 0 Å². The maximum absolute atomic E-state index is 10.9. The largest absolute Gasteiger partial charge is 0.480 e. The number of aromatic nitrogens is 3. The average Bonchev–Trinajstić information content (AvgIpc) is 2.51. The van der Waals surface area contributed by atoms with Crippen LogP contribution in [-0.4, -0.2) is 25.8 Å². The van der Waals surface area contributed by atoms with Gasteiger partial charge in [-0.3, -0.25) is 0 Å². The van der Waals surface area contributed by atoms with Crippen LogP contribution in [0.2, 0.25) is 0 Å². The van der Waals surface area contributed by atoms with Crippen LogP contribution in [-0.2, 0) is 4.79 Å². The maximum atomic E-state index is 10.9. The lowest BCUT2D eigenvalue weighted by Gasteiger charge is -2.15. The molecule has 6 nitrogen and oxygen atoms in total. The molecule has 1 rings (SSSR count). The van der Waals surface area contributed by atoms with Gasteiger partial charge in [0.05, 0.1) is 0 Å². The van der Waals surface area contributed by atoms with Gasteiger partial charge in [-0.15, -0.1) is 5.10 Å². The summed E-state index contributed by atoms with van der Waals surface area (Å²) in [6.45, 7) is 3.54. The number of hydrogen-bond donors (Lipinski definition) is 1. The van der Waals surface area contributed by atoms with Crippen LogP contribution < -0.4 is 0 Å². The first kappa shape index (κ1) is 10.2. The molecular formula is C8H10N4O2. The van der Waals surface area contributed by atoms with E-state index in [0.717, 1.165) is 0 Å². The molecule has 6 heteroatoms. The molecule has 1 aromatic heterocycles. The molecule has 0 fully saturated rings. The molecule has 0 saturated carbocycles. The normalized spacial score (nSPS) is 12.4. The number of carboxylic acid groups (broad SMARTS) is 1. The number of nitriles is 1. The summed E-state index contributed by atoms with van der Waals surface area (Å²) in [4.78, 5) is 14.5. The number of aliphatic carboxylic acids is 1. The fourth-order valence-corrected chi connectivity index (χ4v) is 1.16. The Morgan fingerprint density at radius 2 is 2.36 bits per heavy atom. The zero-order chi connectivity index (χ0) is 10.7. The van der Waals surface area contributed by atoms with Gasteiger partial charge in [-0.25, -0.2) is 14.5 Å². The highest BCUT2D eigenvalue weighted by Crippen LogP contribution is 2.16. The van der Waals surface area contributed by atoms with Crippen molar-refractivity contribution in [1.29, 1.82) is 5.26 Å². The van der Waals surface area contributed by atoms with Crippen molar-refractivity contribution >= 4 is 5.97 Å². The van der Waals surface area contributed by atoms with E-state index in [1.807, 2.05) is 0 Å². The van der Waals surface area contributed by atoms with Crippen molar-refractivity contribution < 1.29 is 9.90 Å². The molecule has 0 spiro atoms. The van der Waals surface area contributed by atoms with Crippen LogP contribution in [0.1, 0.15) is 25.7 Å². The monoisotopic (exact) mass is 194 g/mol. The zero-order valence-corrected chi connectivity index (χ0v) is 7.88. The van der Waals surface area contributed by atoms with Crippen LogP contribution in [0.4, 0.5) is 0 Å². The lowest BCUT2D eigenvalue weighted by molar-refractivity contribution is -0.142. The van der Waals surface area contributed by atoms with E-state index in [-0.39, 0.29) is 11.7 Å². The first-order chi connectivity index (χ1) is 6.56. The SMILES string of the molecule is CC(C)C(C(=O)O)n1cnc(C#N)n1. The van der Waals surface area contributed by atoms with Gasteiger partial charge in [0, 0.05) is 0 Å². The fraction of sp³-hybridized carbons (Fsp3) is 0.500. The lowest BCUT2D eigenvalue weighted by atomic mass is 10.1.